The molecule has 0 bridgehead atoms. The number of amides is 2. The van der Waals surface area contributed by atoms with Crippen molar-refractivity contribution in [1.29, 1.82) is 0 Å². The van der Waals surface area contributed by atoms with E-state index in [1.165, 1.54) is 0 Å². The highest BCUT2D eigenvalue weighted by Crippen LogP contribution is 2.27. The largest absolute Gasteiger partial charge is 0.366 e. The number of rotatable bonds is 4. The number of hydrogen-bond donors (Lipinski definition) is 3. The molecular weight excluding hydrogens is 492 g/mol. The number of piperidine rings is 2. The van der Waals surface area contributed by atoms with Crippen LogP contribution in [0, 0.1) is 0 Å². The van der Waals surface area contributed by atoms with E-state index in [2.05, 4.69) is 10.6 Å². The van der Waals surface area contributed by atoms with E-state index >= 15 is 0 Å². The normalized spacial score (nSPS) is 17.7. The number of nitrogens with one attached hydrogen (secondary N) is 2. The van der Waals surface area contributed by atoms with Gasteiger partial charge in [-0.15, -0.1) is 0 Å². The standard InChI is InChI=1S/C13H16F2N2O.C7H7NO.C5H9F2N.CH2O/c14-13(15)6-8-17(9-7-13)10-16-12(18)11-4-2-1-3-5-11;8-7(9)6-4-2-1-3-5-6;6-5(7)1-3-8-4-2-5;1-2/h1-5H,6-10H2,(H,16,18);1-5H,(H2,8,9);8H,1-4H2;1H2. The van der Waals surface area contributed by atoms with E-state index in [4.69, 9.17) is 10.5 Å². The Hall–Kier alpha value is -3.31. The summed E-state index contributed by atoms with van der Waals surface area (Å²) >= 11 is 0. The van der Waals surface area contributed by atoms with Gasteiger partial charge in [0.05, 0.1) is 6.67 Å². The van der Waals surface area contributed by atoms with Crippen LogP contribution in [-0.2, 0) is 4.79 Å². The summed E-state index contributed by atoms with van der Waals surface area (Å²) in [4.78, 5) is 32.0. The van der Waals surface area contributed by atoms with Gasteiger partial charge in [0.25, 0.3) is 17.8 Å². The van der Waals surface area contributed by atoms with Crippen molar-refractivity contribution in [1.82, 2.24) is 15.5 Å². The Labute approximate surface area is 214 Å². The molecular formula is C26H34F4N4O3. The second kappa shape index (κ2) is 16.4. The van der Waals surface area contributed by atoms with Gasteiger partial charge in [-0.05, 0) is 24.3 Å². The molecule has 2 saturated heterocycles. The molecule has 0 spiro atoms. The molecule has 0 saturated carbocycles. The number of carbonyl (C=O) groups is 3. The Bertz CT molecular complexity index is 916. The molecule has 2 heterocycles. The van der Waals surface area contributed by atoms with Gasteiger partial charge in [0.15, 0.2) is 0 Å². The molecule has 0 unspecified atom stereocenters. The Morgan fingerprint density at radius 2 is 1.24 bits per heavy atom. The van der Waals surface area contributed by atoms with Crippen molar-refractivity contribution < 1.29 is 31.9 Å². The predicted octanol–water partition coefficient (Wildman–Crippen LogP) is 3.71. The minimum absolute atomic E-state index is 0.00694. The summed E-state index contributed by atoms with van der Waals surface area (Å²) in [6.45, 7) is 3.90. The lowest BCUT2D eigenvalue weighted by Crippen LogP contribution is -2.45. The topological polar surface area (TPSA) is 105 Å². The molecule has 4 rings (SSSR count). The fraction of sp³-hybridized carbons (Fsp3) is 0.423. The van der Waals surface area contributed by atoms with E-state index in [0.29, 0.717) is 44.0 Å². The molecule has 0 radical (unpaired) electrons. The zero-order valence-electron chi connectivity index (χ0n) is 20.6. The van der Waals surface area contributed by atoms with E-state index in [9.17, 15) is 27.2 Å². The van der Waals surface area contributed by atoms with Crippen molar-refractivity contribution in [2.45, 2.75) is 37.5 Å². The highest BCUT2D eigenvalue weighted by atomic mass is 19.3. The summed E-state index contributed by atoms with van der Waals surface area (Å²) in [6, 6.07) is 17.6. The van der Waals surface area contributed by atoms with Crippen LogP contribution >= 0.6 is 0 Å². The van der Waals surface area contributed by atoms with Crippen LogP contribution in [0.2, 0.25) is 0 Å². The fourth-order valence-corrected chi connectivity index (χ4v) is 3.31. The highest BCUT2D eigenvalue weighted by molar-refractivity contribution is 5.94. The zero-order valence-corrected chi connectivity index (χ0v) is 20.6. The molecule has 2 aromatic carbocycles. The second-order valence-electron chi connectivity index (χ2n) is 8.34. The molecule has 0 aliphatic carbocycles. The Balaban J connectivity index is 0.000000301. The quantitative estimate of drug-likeness (QED) is 0.527. The lowest BCUT2D eigenvalue weighted by molar-refractivity contribution is -0.0980. The van der Waals surface area contributed by atoms with Crippen molar-refractivity contribution in [3.8, 4) is 0 Å². The predicted molar refractivity (Wildman–Crippen MR) is 134 cm³/mol. The average Bonchev–Trinajstić information content (AvgIpc) is 2.91. The van der Waals surface area contributed by atoms with Crippen LogP contribution in [0.3, 0.4) is 0 Å². The van der Waals surface area contributed by atoms with Gasteiger partial charge in [-0.1, -0.05) is 36.4 Å². The maximum absolute atomic E-state index is 12.9. The van der Waals surface area contributed by atoms with Crippen molar-refractivity contribution in [2.75, 3.05) is 32.8 Å². The van der Waals surface area contributed by atoms with Gasteiger partial charge in [-0.3, -0.25) is 14.5 Å². The third-order valence-electron chi connectivity index (χ3n) is 5.48. The summed E-state index contributed by atoms with van der Waals surface area (Å²) in [5.74, 6) is -5.48. The monoisotopic (exact) mass is 526 g/mol. The van der Waals surface area contributed by atoms with Gasteiger partial charge in [0, 0.05) is 63.0 Å². The molecule has 11 heteroatoms. The van der Waals surface area contributed by atoms with Crippen LogP contribution in [0.4, 0.5) is 17.6 Å². The minimum Gasteiger partial charge on any atom is -0.366 e. The number of benzene rings is 2. The van der Waals surface area contributed by atoms with Crippen LogP contribution in [0.5, 0.6) is 0 Å². The fourth-order valence-electron chi connectivity index (χ4n) is 3.31. The van der Waals surface area contributed by atoms with Gasteiger partial charge in [0.2, 0.25) is 5.91 Å². The van der Waals surface area contributed by atoms with Crippen LogP contribution < -0.4 is 16.4 Å². The van der Waals surface area contributed by atoms with Crippen molar-refractivity contribution in [2.24, 2.45) is 5.73 Å². The molecule has 2 aromatic rings. The summed E-state index contributed by atoms with van der Waals surface area (Å²) in [5, 5.41) is 5.60. The Morgan fingerprint density at radius 1 is 0.811 bits per heavy atom. The van der Waals surface area contributed by atoms with Gasteiger partial charge in [-0.2, -0.15) is 0 Å². The number of alkyl halides is 4. The summed E-state index contributed by atoms with van der Waals surface area (Å²) in [6.07, 6.45) is -0.248. The second-order valence-corrected chi connectivity index (χ2v) is 8.34. The third kappa shape index (κ3) is 13.5. The van der Waals surface area contributed by atoms with Crippen molar-refractivity contribution in [3.63, 3.8) is 0 Å². The number of nitrogens with two attached hydrogens (primary N) is 1. The first kappa shape index (κ1) is 31.7. The molecule has 2 amide bonds. The lowest BCUT2D eigenvalue weighted by atomic mass is 10.1. The number of hydrogen-bond acceptors (Lipinski definition) is 5. The van der Waals surface area contributed by atoms with E-state index in [-0.39, 0.29) is 37.5 Å². The number of likely N-dealkylation sites (tertiary alicyclic amines) is 1. The van der Waals surface area contributed by atoms with Crippen molar-refractivity contribution in [3.05, 3.63) is 71.8 Å². The maximum Gasteiger partial charge on any atom is 0.252 e. The highest BCUT2D eigenvalue weighted by Gasteiger charge is 2.33. The van der Waals surface area contributed by atoms with E-state index in [1.54, 1.807) is 48.5 Å². The minimum atomic E-state index is -2.54. The molecule has 4 N–H and O–H groups in total. The third-order valence-corrected chi connectivity index (χ3v) is 5.48. The zero-order chi connectivity index (χ0) is 27.7. The molecule has 2 aliphatic rings. The SMILES string of the molecule is C=O.FC1(F)CCNCC1.NC(=O)c1ccccc1.O=C(NCN1CCC(F)(F)CC1)c1ccccc1. The van der Waals surface area contributed by atoms with Crippen LogP contribution in [0.15, 0.2) is 60.7 Å². The van der Waals surface area contributed by atoms with Gasteiger partial charge in [-0.25, -0.2) is 17.6 Å². The summed E-state index contributed by atoms with van der Waals surface area (Å²) in [7, 11) is 0. The van der Waals surface area contributed by atoms with Crippen LogP contribution in [0.1, 0.15) is 46.4 Å². The average molecular weight is 527 g/mol. The number of primary amides is 1. The van der Waals surface area contributed by atoms with Crippen LogP contribution in [0.25, 0.3) is 0 Å². The molecule has 37 heavy (non-hydrogen) atoms. The molecule has 2 fully saturated rings. The smallest absolute Gasteiger partial charge is 0.252 e. The molecule has 204 valence electrons. The first-order chi connectivity index (χ1) is 17.6. The van der Waals surface area contributed by atoms with Gasteiger partial charge < -0.3 is 21.2 Å². The Kier molecular flexibility index (Phi) is 14.1. The summed E-state index contributed by atoms with van der Waals surface area (Å²) < 4.78 is 50.2. The van der Waals surface area contributed by atoms with Gasteiger partial charge >= 0.3 is 0 Å². The maximum atomic E-state index is 12.9. The Morgan fingerprint density at radius 3 is 1.62 bits per heavy atom. The number of halogens is 4. The molecule has 7 nitrogen and oxygen atoms in total. The number of carbonyl (C=O) groups excluding carboxylic acids is 3. The van der Waals surface area contributed by atoms with E-state index < -0.39 is 11.8 Å². The first-order valence-corrected chi connectivity index (χ1v) is 11.7. The van der Waals surface area contributed by atoms with Crippen LogP contribution in [-0.4, -0.2) is 68.2 Å². The molecule has 2 aliphatic heterocycles. The van der Waals surface area contributed by atoms with Crippen molar-refractivity contribution >= 4 is 18.6 Å². The van der Waals surface area contributed by atoms with E-state index in [0.717, 1.165) is 0 Å². The molecule has 0 atom stereocenters. The molecule has 0 aromatic heterocycles. The summed E-state index contributed by atoms with van der Waals surface area (Å²) in [5.41, 5.74) is 6.11. The van der Waals surface area contributed by atoms with Gasteiger partial charge in [0.1, 0.15) is 6.79 Å². The number of nitrogens with zero attached hydrogens (tertiary/aromatic N) is 1. The first-order valence-electron chi connectivity index (χ1n) is 11.7. The van der Waals surface area contributed by atoms with E-state index in [1.807, 2.05) is 23.8 Å². The lowest BCUT2D eigenvalue weighted by Gasteiger charge is -2.31.